The Bertz CT molecular complexity index is 544. The Morgan fingerprint density at radius 2 is 1.94 bits per heavy atom. The summed E-state index contributed by atoms with van der Waals surface area (Å²) in [4.78, 5) is 0. The van der Waals surface area contributed by atoms with Gasteiger partial charge in [0.1, 0.15) is 0 Å². The first-order chi connectivity index (χ1) is 7.72. The number of allylic oxidation sites excluding steroid dienone is 1. The highest BCUT2D eigenvalue weighted by molar-refractivity contribution is 7.89. The molecule has 1 aliphatic heterocycles. The van der Waals surface area contributed by atoms with Gasteiger partial charge in [0.2, 0.25) is 0 Å². The van der Waals surface area contributed by atoms with Gasteiger partial charge < -0.3 is 4.52 Å². The number of rotatable bonds is 0. The number of hydrogen-bond acceptors (Lipinski definition) is 2. The van der Waals surface area contributed by atoms with Crippen LogP contribution in [0.3, 0.4) is 0 Å². The average molecular weight is 291 g/mol. The Hall–Kier alpha value is -0.430. The lowest BCUT2D eigenvalue weighted by molar-refractivity contribution is 0.468. The number of para-hydroxylation sites is 1. The second-order valence-electron chi connectivity index (χ2n) is 5.01. The van der Waals surface area contributed by atoms with Gasteiger partial charge in [0, 0.05) is 10.9 Å². The van der Waals surface area contributed by atoms with Crippen LogP contribution in [0.4, 0.5) is 0 Å². The number of hydrogen-bond donors (Lipinski definition) is 0. The molecule has 0 aliphatic carbocycles. The Kier molecular flexibility index (Phi) is 3.10. The van der Waals surface area contributed by atoms with Crippen LogP contribution in [-0.4, -0.2) is 0 Å². The van der Waals surface area contributed by atoms with E-state index in [1.165, 1.54) is 0 Å². The number of halogens is 2. The van der Waals surface area contributed by atoms with Crippen molar-refractivity contribution in [3.8, 4) is 5.75 Å². The first-order valence-electron chi connectivity index (χ1n) is 5.22. The summed E-state index contributed by atoms with van der Waals surface area (Å²) in [5, 5.41) is 1.04. The molecule has 2 nitrogen and oxygen atoms in total. The Morgan fingerprint density at radius 1 is 1.29 bits per heavy atom. The van der Waals surface area contributed by atoms with E-state index in [4.69, 9.17) is 27.4 Å². The van der Waals surface area contributed by atoms with Gasteiger partial charge >= 0.3 is 6.72 Å². The van der Waals surface area contributed by atoms with Crippen LogP contribution in [0.25, 0.3) is 6.08 Å². The molecule has 5 heteroatoms. The summed E-state index contributed by atoms with van der Waals surface area (Å²) in [7, 11) is 0. The normalized spacial score (nSPS) is 23.7. The summed E-state index contributed by atoms with van der Waals surface area (Å²) < 4.78 is 17.8. The van der Waals surface area contributed by atoms with Gasteiger partial charge in [0.25, 0.3) is 0 Å². The molecule has 1 unspecified atom stereocenters. The van der Waals surface area contributed by atoms with E-state index in [2.05, 4.69) is 0 Å². The summed E-state index contributed by atoms with van der Waals surface area (Å²) in [6, 6.07) is 5.38. The van der Waals surface area contributed by atoms with E-state index < -0.39 is 6.72 Å². The SMILES string of the molecule is CC(C)(C)C1=Cc2cccc(Cl)c2OP1(=O)Cl. The molecule has 17 heavy (non-hydrogen) atoms. The molecule has 1 aromatic carbocycles. The van der Waals surface area contributed by atoms with Crippen LogP contribution >= 0.6 is 29.6 Å². The fraction of sp³-hybridized carbons (Fsp3) is 0.333. The lowest BCUT2D eigenvalue weighted by atomic mass is 9.94. The number of benzene rings is 1. The van der Waals surface area contributed by atoms with Crippen molar-refractivity contribution in [3.05, 3.63) is 34.1 Å². The second kappa shape index (κ2) is 4.05. The van der Waals surface area contributed by atoms with Crippen molar-refractivity contribution in [3.63, 3.8) is 0 Å². The van der Waals surface area contributed by atoms with Crippen molar-refractivity contribution in [2.45, 2.75) is 20.8 Å². The molecule has 0 N–H and O–H groups in total. The highest BCUT2D eigenvalue weighted by atomic mass is 35.7. The zero-order valence-corrected chi connectivity index (χ0v) is 12.2. The van der Waals surface area contributed by atoms with Gasteiger partial charge in [0.15, 0.2) is 5.75 Å². The molecule has 1 aliphatic rings. The third-order valence-corrected chi connectivity index (χ3v) is 5.40. The van der Waals surface area contributed by atoms with Crippen molar-refractivity contribution in [1.82, 2.24) is 0 Å². The number of fused-ring (bicyclic) bond motifs is 1. The van der Waals surface area contributed by atoms with Crippen molar-refractivity contribution in [2.24, 2.45) is 5.41 Å². The van der Waals surface area contributed by atoms with Crippen molar-refractivity contribution < 1.29 is 9.09 Å². The molecule has 1 atom stereocenters. The van der Waals surface area contributed by atoms with Gasteiger partial charge in [0.05, 0.1) is 5.02 Å². The topological polar surface area (TPSA) is 26.3 Å². The van der Waals surface area contributed by atoms with Crippen molar-refractivity contribution in [1.29, 1.82) is 0 Å². The molecule has 0 saturated heterocycles. The van der Waals surface area contributed by atoms with Crippen LogP contribution in [0, 0.1) is 5.41 Å². The smallest absolute Gasteiger partial charge is 0.363 e. The maximum Gasteiger partial charge on any atom is 0.363 e. The van der Waals surface area contributed by atoms with Crippen molar-refractivity contribution >= 4 is 35.6 Å². The molecule has 0 spiro atoms. The average Bonchev–Trinajstić information content (AvgIpc) is 2.16. The third-order valence-electron chi connectivity index (χ3n) is 2.55. The van der Waals surface area contributed by atoms with Crippen LogP contribution in [0.5, 0.6) is 5.75 Å². The Morgan fingerprint density at radius 3 is 2.53 bits per heavy atom. The minimum absolute atomic E-state index is 0.308. The summed E-state index contributed by atoms with van der Waals surface area (Å²) >= 11 is 12.0. The molecule has 0 aromatic heterocycles. The first-order valence-corrected chi connectivity index (χ1v) is 8.13. The first kappa shape index (κ1) is 13.0. The lowest BCUT2D eigenvalue weighted by Gasteiger charge is -2.30. The molecular weight excluding hydrogens is 278 g/mol. The fourth-order valence-corrected chi connectivity index (χ4v) is 4.76. The standard InChI is InChI=1S/C12H13Cl2O2P/c1-12(2,3)10-7-8-5-4-6-9(13)11(8)16-17(10,14)15/h4-7H,1-3H3. The van der Waals surface area contributed by atoms with E-state index in [9.17, 15) is 4.57 Å². The molecule has 2 rings (SSSR count). The summed E-state index contributed by atoms with van der Waals surface area (Å²) in [5.41, 5.74) is 0.506. The molecule has 1 heterocycles. The monoisotopic (exact) mass is 290 g/mol. The Labute approximate surface area is 111 Å². The molecule has 92 valence electrons. The van der Waals surface area contributed by atoms with Crippen LogP contribution < -0.4 is 4.52 Å². The summed E-state index contributed by atoms with van der Waals surface area (Å²) in [6.45, 7) is 2.52. The largest absolute Gasteiger partial charge is 0.428 e. The molecule has 0 radical (unpaired) electrons. The van der Waals surface area contributed by atoms with E-state index in [1.807, 2.05) is 39.0 Å². The summed E-state index contributed by atoms with van der Waals surface area (Å²) in [5.74, 6) is 0.403. The predicted octanol–water partition coefficient (Wildman–Crippen LogP) is 5.55. The van der Waals surface area contributed by atoms with Crippen molar-refractivity contribution in [2.75, 3.05) is 0 Å². The summed E-state index contributed by atoms with van der Waals surface area (Å²) in [6.07, 6.45) is 1.82. The minimum atomic E-state index is -3.33. The maximum atomic E-state index is 12.3. The van der Waals surface area contributed by atoms with Crippen LogP contribution in [0.1, 0.15) is 26.3 Å². The highest BCUT2D eigenvalue weighted by Gasteiger charge is 2.39. The lowest BCUT2D eigenvalue weighted by Crippen LogP contribution is -2.13. The van der Waals surface area contributed by atoms with Crippen LogP contribution in [-0.2, 0) is 4.57 Å². The van der Waals surface area contributed by atoms with Gasteiger partial charge in [-0.3, -0.25) is 4.57 Å². The van der Waals surface area contributed by atoms with Crippen LogP contribution in [0.2, 0.25) is 5.02 Å². The fourth-order valence-electron chi connectivity index (χ4n) is 1.74. The van der Waals surface area contributed by atoms with E-state index >= 15 is 0 Å². The quantitative estimate of drug-likeness (QED) is 0.586. The molecular formula is C12H13Cl2O2P. The third kappa shape index (κ3) is 2.40. The van der Waals surface area contributed by atoms with Gasteiger partial charge in [-0.1, -0.05) is 44.5 Å². The van der Waals surface area contributed by atoms with E-state index in [1.54, 1.807) is 6.07 Å². The van der Waals surface area contributed by atoms with Gasteiger partial charge in [-0.05, 0) is 28.8 Å². The maximum absolute atomic E-state index is 12.3. The van der Waals surface area contributed by atoms with E-state index in [0.717, 1.165) is 5.56 Å². The predicted molar refractivity (Wildman–Crippen MR) is 73.0 cm³/mol. The van der Waals surface area contributed by atoms with Gasteiger partial charge in [-0.2, -0.15) is 0 Å². The molecule has 0 saturated carbocycles. The second-order valence-corrected chi connectivity index (χ2v) is 8.37. The molecule has 0 bridgehead atoms. The molecule has 0 amide bonds. The highest BCUT2D eigenvalue weighted by Crippen LogP contribution is 2.68. The van der Waals surface area contributed by atoms with E-state index in [-0.39, 0.29) is 5.41 Å². The zero-order chi connectivity index (χ0) is 12.8. The molecule has 1 aromatic rings. The van der Waals surface area contributed by atoms with E-state index in [0.29, 0.717) is 16.1 Å². The van der Waals surface area contributed by atoms with Crippen LogP contribution in [0.15, 0.2) is 23.5 Å². The Balaban J connectivity index is 2.66. The minimum Gasteiger partial charge on any atom is -0.428 e. The van der Waals surface area contributed by atoms with Gasteiger partial charge in [-0.15, -0.1) is 0 Å². The molecule has 0 fully saturated rings. The van der Waals surface area contributed by atoms with Gasteiger partial charge in [-0.25, -0.2) is 0 Å². The zero-order valence-electron chi connectivity index (χ0n) is 9.83.